The summed E-state index contributed by atoms with van der Waals surface area (Å²) < 4.78 is 0. The molecule has 1 atom stereocenters. The van der Waals surface area contributed by atoms with Crippen molar-refractivity contribution in [1.29, 1.82) is 5.26 Å². The van der Waals surface area contributed by atoms with Crippen molar-refractivity contribution in [2.45, 2.75) is 32.2 Å². The molecule has 96 valence electrons. The van der Waals surface area contributed by atoms with Gasteiger partial charge in [0.15, 0.2) is 0 Å². The van der Waals surface area contributed by atoms with Crippen LogP contribution < -0.4 is 4.90 Å². The summed E-state index contributed by atoms with van der Waals surface area (Å²) in [6, 6.07) is 12.8. The van der Waals surface area contributed by atoms with Crippen LogP contribution in [-0.2, 0) is 0 Å². The molecule has 3 nitrogen and oxygen atoms in total. The highest BCUT2D eigenvalue weighted by atomic mass is 15.2. The zero-order valence-electron chi connectivity index (χ0n) is 11.1. The number of aromatic nitrogens is 1. The number of benzene rings is 1. The second-order valence-electron chi connectivity index (χ2n) is 5.06. The third kappa shape index (κ3) is 2.04. The van der Waals surface area contributed by atoms with Gasteiger partial charge < -0.3 is 4.90 Å². The Bertz CT molecular complexity index is 642. The molecule has 1 saturated heterocycles. The molecule has 1 unspecified atom stereocenters. The van der Waals surface area contributed by atoms with E-state index in [9.17, 15) is 5.26 Å². The molecule has 1 aromatic carbocycles. The van der Waals surface area contributed by atoms with E-state index < -0.39 is 0 Å². The summed E-state index contributed by atoms with van der Waals surface area (Å²) in [4.78, 5) is 7.04. The van der Waals surface area contributed by atoms with E-state index in [1.807, 2.05) is 30.3 Å². The van der Waals surface area contributed by atoms with Crippen molar-refractivity contribution in [1.82, 2.24) is 4.98 Å². The van der Waals surface area contributed by atoms with Crippen molar-refractivity contribution < 1.29 is 0 Å². The fourth-order valence-electron chi connectivity index (χ4n) is 2.95. The van der Waals surface area contributed by atoms with Crippen LogP contribution in [-0.4, -0.2) is 17.6 Å². The van der Waals surface area contributed by atoms with Crippen molar-refractivity contribution >= 4 is 16.7 Å². The Morgan fingerprint density at radius 2 is 2.26 bits per heavy atom. The van der Waals surface area contributed by atoms with Crippen molar-refractivity contribution in [3.05, 3.63) is 35.9 Å². The number of rotatable bonds is 2. The summed E-state index contributed by atoms with van der Waals surface area (Å²) in [6.07, 6.45) is 3.51. The lowest BCUT2D eigenvalue weighted by Gasteiger charge is -2.25. The number of fused-ring (bicyclic) bond motifs is 1. The molecule has 2 aromatic rings. The molecule has 0 aliphatic carbocycles. The van der Waals surface area contributed by atoms with Crippen LogP contribution in [0.5, 0.6) is 0 Å². The number of pyridine rings is 1. The largest absolute Gasteiger partial charge is 0.353 e. The molecule has 0 bridgehead atoms. The Morgan fingerprint density at radius 3 is 3.05 bits per heavy atom. The van der Waals surface area contributed by atoms with E-state index in [0.717, 1.165) is 29.7 Å². The monoisotopic (exact) mass is 251 g/mol. The van der Waals surface area contributed by atoms with Crippen molar-refractivity contribution in [3.63, 3.8) is 0 Å². The first-order valence-electron chi connectivity index (χ1n) is 6.90. The Hall–Kier alpha value is -2.08. The predicted molar refractivity (Wildman–Crippen MR) is 77.1 cm³/mol. The minimum absolute atomic E-state index is 0.528. The number of anilines is 1. The first kappa shape index (κ1) is 12.0. The summed E-state index contributed by atoms with van der Waals surface area (Å²) in [5.74, 6) is 0.866. The number of nitriles is 1. The van der Waals surface area contributed by atoms with Gasteiger partial charge in [-0.1, -0.05) is 25.1 Å². The van der Waals surface area contributed by atoms with Gasteiger partial charge in [-0.3, -0.25) is 0 Å². The van der Waals surface area contributed by atoms with Gasteiger partial charge in [0, 0.05) is 18.0 Å². The molecule has 0 saturated carbocycles. The molecule has 1 aromatic heterocycles. The van der Waals surface area contributed by atoms with Gasteiger partial charge in [0.1, 0.15) is 11.9 Å². The standard InChI is InChI=1S/C16H17N3/c1-2-14-7-5-9-19(14)16-13(11-17)10-12-6-3-4-8-15(12)18-16/h3-4,6,8,10,14H,2,5,7,9H2,1H3. The third-order valence-corrected chi connectivity index (χ3v) is 3.94. The van der Waals surface area contributed by atoms with Crippen LogP contribution in [0.25, 0.3) is 10.9 Å². The Labute approximate surface area is 113 Å². The zero-order valence-corrected chi connectivity index (χ0v) is 11.1. The molecular formula is C16H17N3. The molecule has 1 aliphatic heterocycles. The number of para-hydroxylation sites is 1. The maximum Gasteiger partial charge on any atom is 0.147 e. The lowest BCUT2D eigenvalue weighted by Crippen LogP contribution is -2.30. The number of hydrogen-bond acceptors (Lipinski definition) is 3. The van der Waals surface area contributed by atoms with Crippen LogP contribution in [0.15, 0.2) is 30.3 Å². The second-order valence-corrected chi connectivity index (χ2v) is 5.06. The molecule has 0 radical (unpaired) electrons. The molecule has 3 heteroatoms. The molecule has 3 rings (SSSR count). The topological polar surface area (TPSA) is 39.9 Å². The van der Waals surface area contributed by atoms with Crippen LogP contribution in [0.2, 0.25) is 0 Å². The molecule has 0 spiro atoms. The maximum atomic E-state index is 9.38. The average molecular weight is 251 g/mol. The van der Waals surface area contributed by atoms with Gasteiger partial charge in [-0.2, -0.15) is 5.26 Å². The van der Waals surface area contributed by atoms with Crippen molar-refractivity contribution in [2.75, 3.05) is 11.4 Å². The SMILES string of the molecule is CCC1CCCN1c1nc2ccccc2cc1C#N. The highest BCUT2D eigenvalue weighted by Gasteiger charge is 2.26. The smallest absolute Gasteiger partial charge is 0.147 e. The van der Waals surface area contributed by atoms with Crippen LogP contribution >= 0.6 is 0 Å². The van der Waals surface area contributed by atoms with Gasteiger partial charge in [0.05, 0.1) is 11.1 Å². The van der Waals surface area contributed by atoms with Gasteiger partial charge in [-0.25, -0.2) is 4.98 Å². The lowest BCUT2D eigenvalue weighted by molar-refractivity contribution is 0.641. The van der Waals surface area contributed by atoms with Crippen LogP contribution in [0, 0.1) is 11.3 Å². The Kier molecular flexibility index (Phi) is 3.08. The van der Waals surface area contributed by atoms with E-state index >= 15 is 0 Å². The molecule has 19 heavy (non-hydrogen) atoms. The summed E-state index contributed by atoms with van der Waals surface area (Å²) in [6.45, 7) is 3.22. The summed E-state index contributed by atoms with van der Waals surface area (Å²) >= 11 is 0. The van der Waals surface area contributed by atoms with E-state index in [2.05, 4.69) is 17.9 Å². The second kappa shape index (κ2) is 4.89. The highest BCUT2D eigenvalue weighted by Crippen LogP contribution is 2.30. The van der Waals surface area contributed by atoms with Gasteiger partial charge in [-0.15, -0.1) is 0 Å². The molecular weight excluding hydrogens is 234 g/mol. The van der Waals surface area contributed by atoms with E-state index in [1.54, 1.807) is 0 Å². The Balaban J connectivity index is 2.14. The first-order chi connectivity index (χ1) is 9.33. The van der Waals surface area contributed by atoms with Gasteiger partial charge in [0.25, 0.3) is 0 Å². The summed E-state index contributed by atoms with van der Waals surface area (Å²) in [5, 5.41) is 10.4. The molecule has 0 N–H and O–H groups in total. The molecule has 2 heterocycles. The van der Waals surface area contributed by atoms with Crippen LogP contribution in [0.3, 0.4) is 0 Å². The van der Waals surface area contributed by atoms with Crippen molar-refractivity contribution in [3.8, 4) is 6.07 Å². The van der Waals surface area contributed by atoms with Gasteiger partial charge in [-0.05, 0) is 31.4 Å². The van der Waals surface area contributed by atoms with E-state index in [-0.39, 0.29) is 0 Å². The lowest BCUT2D eigenvalue weighted by atomic mass is 10.1. The molecule has 1 fully saturated rings. The predicted octanol–water partition coefficient (Wildman–Crippen LogP) is 3.49. The van der Waals surface area contributed by atoms with Gasteiger partial charge in [0.2, 0.25) is 0 Å². The molecule has 0 amide bonds. The first-order valence-corrected chi connectivity index (χ1v) is 6.90. The summed E-state index contributed by atoms with van der Waals surface area (Å²) in [7, 11) is 0. The fraction of sp³-hybridized carbons (Fsp3) is 0.375. The van der Waals surface area contributed by atoms with Gasteiger partial charge >= 0.3 is 0 Å². The van der Waals surface area contributed by atoms with Crippen molar-refractivity contribution in [2.24, 2.45) is 0 Å². The minimum atomic E-state index is 0.528. The number of hydrogen-bond donors (Lipinski definition) is 0. The molecule has 1 aliphatic rings. The maximum absolute atomic E-state index is 9.38. The van der Waals surface area contributed by atoms with Crippen LogP contribution in [0.1, 0.15) is 31.7 Å². The number of nitrogens with zero attached hydrogens (tertiary/aromatic N) is 3. The third-order valence-electron chi connectivity index (χ3n) is 3.94. The van der Waals surface area contributed by atoms with E-state index in [1.165, 1.54) is 12.8 Å². The fourth-order valence-corrected chi connectivity index (χ4v) is 2.95. The zero-order chi connectivity index (χ0) is 13.2. The van der Waals surface area contributed by atoms with E-state index in [0.29, 0.717) is 11.6 Å². The average Bonchev–Trinajstić information content (AvgIpc) is 2.94. The summed E-state index contributed by atoms with van der Waals surface area (Å²) in [5.41, 5.74) is 1.66. The minimum Gasteiger partial charge on any atom is -0.353 e. The van der Waals surface area contributed by atoms with E-state index in [4.69, 9.17) is 4.98 Å². The normalized spacial score (nSPS) is 18.7. The highest BCUT2D eigenvalue weighted by molar-refractivity contribution is 5.83. The van der Waals surface area contributed by atoms with Crippen LogP contribution in [0.4, 0.5) is 5.82 Å². The Morgan fingerprint density at radius 1 is 1.42 bits per heavy atom. The quantitative estimate of drug-likeness (QED) is 0.820.